The van der Waals surface area contributed by atoms with Crippen molar-refractivity contribution in [3.8, 4) is 0 Å². The maximum atomic E-state index is 12.1. The maximum Gasteiger partial charge on any atom is 0.473 e. The minimum atomic E-state index is -4.61. The van der Waals surface area contributed by atoms with Crippen LogP contribution in [-0.2, 0) is 18.4 Å². The molecule has 8 nitrogen and oxygen atoms in total. The minimum Gasteiger partial charge on any atom is -0.394 e. The molecule has 0 heterocycles. The van der Waals surface area contributed by atoms with Crippen LogP contribution >= 0.6 is 7.82 Å². The highest BCUT2D eigenvalue weighted by Gasteiger charge is 2.29. The van der Waals surface area contributed by atoms with E-state index in [1.54, 1.807) is 12.2 Å². The zero-order chi connectivity index (χ0) is 25.5. The number of phosphoric ester groups is 1. The molecule has 0 aliphatic heterocycles. The van der Waals surface area contributed by atoms with E-state index >= 15 is 0 Å². The number of phosphoric acid groups is 1. The smallest absolute Gasteiger partial charge is 0.394 e. The Labute approximate surface area is 204 Å². The van der Waals surface area contributed by atoms with Crippen LogP contribution in [0.2, 0.25) is 0 Å². The van der Waals surface area contributed by atoms with Crippen molar-refractivity contribution in [1.82, 2.24) is 0 Å². The number of hydrogen-bond donors (Lipinski definition) is 4. The van der Waals surface area contributed by atoms with Gasteiger partial charge in [0.2, 0.25) is 0 Å². The quantitative estimate of drug-likeness (QED) is 0.0735. The van der Waals surface area contributed by atoms with E-state index in [4.69, 9.17) is 20.5 Å². The third-order valence-electron chi connectivity index (χ3n) is 4.86. The molecule has 0 aliphatic carbocycles. The van der Waals surface area contributed by atoms with Gasteiger partial charge in [0, 0.05) is 6.54 Å². The number of rotatable bonds is 22. The van der Waals surface area contributed by atoms with E-state index in [1.807, 2.05) is 18.2 Å². The molecule has 0 saturated heterocycles. The molecular formula is C25H44NO7P. The molecule has 0 aromatic carbocycles. The summed E-state index contributed by atoms with van der Waals surface area (Å²) in [5.41, 5.74) is 5.44. The average molecular weight is 502 g/mol. The lowest BCUT2D eigenvalue weighted by molar-refractivity contribution is -0.121. The van der Waals surface area contributed by atoms with Crippen molar-refractivity contribution in [2.75, 3.05) is 19.8 Å². The fourth-order valence-electron chi connectivity index (χ4n) is 2.90. The number of hydrogen-bond acceptors (Lipinski definition) is 7. The van der Waals surface area contributed by atoms with Gasteiger partial charge in [-0.25, -0.2) is 4.57 Å². The Bertz CT molecular complexity index is 676. The molecule has 9 heteroatoms. The van der Waals surface area contributed by atoms with Gasteiger partial charge in [-0.05, 0) is 18.9 Å². The summed E-state index contributed by atoms with van der Waals surface area (Å²) in [6, 6.07) is 0. The number of unbranched alkanes of at least 4 members (excludes halogenated alkanes) is 9. The van der Waals surface area contributed by atoms with Crippen LogP contribution in [0.1, 0.15) is 71.1 Å². The molecular weight excluding hydrogens is 457 g/mol. The standard InChI is InChI=1S/C25H44NO7P/c1-2-3-4-5-6-7-8-9-10-11-12-13-14-15-16-17-18-19-24(29)25(20-26)33-34(30,31)32-22-23(28)21-27/h12-19,23,25,27-28H,2-11,20-22,26H2,1H3,(H,30,31)/b13-12-,15-14+,17-16+,19-18-/t23-,25?/m1/s1. The Morgan fingerprint density at radius 3 is 2.09 bits per heavy atom. The fraction of sp³-hybridized carbons (Fsp3) is 0.640. The summed E-state index contributed by atoms with van der Waals surface area (Å²) in [5, 5.41) is 17.8. The second kappa shape index (κ2) is 22.1. The molecule has 0 fully saturated rings. The molecule has 2 unspecified atom stereocenters. The van der Waals surface area contributed by atoms with Crippen molar-refractivity contribution < 1.29 is 33.5 Å². The second-order valence-electron chi connectivity index (χ2n) is 8.01. The van der Waals surface area contributed by atoms with Gasteiger partial charge in [0.05, 0.1) is 13.2 Å². The molecule has 0 saturated carbocycles. The highest BCUT2D eigenvalue weighted by atomic mass is 31.2. The van der Waals surface area contributed by atoms with Gasteiger partial charge in [-0.3, -0.25) is 13.8 Å². The molecule has 0 aliphatic rings. The van der Waals surface area contributed by atoms with Crippen LogP contribution in [0.5, 0.6) is 0 Å². The van der Waals surface area contributed by atoms with Gasteiger partial charge in [-0.15, -0.1) is 0 Å². The SMILES string of the molecule is CCCCCCCCCCC\C=C/C=C/C=C/C=C\C(=O)C(CN)OP(=O)(O)OC[C@H](O)CO. The predicted octanol–water partition coefficient (Wildman–Crippen LogP) is 4.52. The zero-order valence-corrected chi connectivity index (χ0v) is 21.4. The lowest BCUT2D eigenvalue weighted by Gasteiger charge is -2.18. The maximum absolute atomic E-state index is 12.1. The lowest BCUT2D eigenvalue weighted by atomic mass is 10.1. The summed E-state index contributed by atoms with van der Waals surface area (Å²) in [6.45, 7) is 0.656. The topological polar surface area (TPSA) is 139 Å². The summed E-state index contributed by atoms with van der Waals surface area (Å²) >= 11 is 0. The Morgan fingerprint density at radius 2 is 1.50 bits per heavy atom. The Morgan fingerprint density at radius 1 is 0.941 bits per heavy atom. The first-order valence-corrected chi connectivity index (χ1v) is 13.7. The van der Waals surface area contributed by atoms with Gasteiger partial charge in [-0.1, -0.05) is 101 Å². The lowest BCUT2D eigenvalue weighted by Crippen LogP contribution is -2.31. The van der Waals surface area contributed by atoms with Crippen molar-refractivity contribution >= 4 is 13.6 Å². The van der Waals surface area contributed by atoms with Gasteiger partial charge in [0.25, 0.3) is 0 Å². The van der Waals surface area contributed by atoms with Crippen LogP contribution in [0.25, 0.3) is 0 Å². The normalized spacial score (nSPS) is 16.1. The average Bonchev–Trinajstić information content (AvgIpc) is 2.82. The van der Waals surface area contributed by atoms with Crippen LogP contribution in [-0.4, -0.2) is 52.9 Å². The van der Waals surface area contributed by atoms with E-state index < -0.39 is 39.0 Å². The monoisotopic (exact) mass is 501 g/mol. The summed E-state index contributed by atoms with van der Waals surface area (Å²) in [5.74, 6) is -0.599. The third-order valence-corrected chi connectivity index (χ3v) is 5.86. The van der Waals surface area contributed by atoms with Crippen LogP contribution in [0.4, 0.5) is 0 Å². The van der Waals surface area contributed by atoms with E-state index in [9.17, 15) is 14.3 Å². The number of ketones is 1. The number of aliphatic hydroxyl groups is 2. The van der Waals surface area contributed by atoms with Crippen molar-refractivity contribution in [3.05, 3.63) is 48.6 Å². The highest BCUT2D eigenvalue weighted by Crippen LogP contribution is 2.44. The van der Waals surface area contributed by atoms with Gasteiger partial charge < -0.3 is 20.8 Å². The van der Waals surface area contributed by atoms with Gasteiger partial charge >= 0.3 is 7.82 Å². The predicted molar refractivity (Wildman–Crippen MR) is 136 cm³/mol. The first-order chi connectivity index (χ1) is 16.4. The Balaban J connectivity index is 4.07. The van der Waals surface area contributed by atoms with E-state index in [1.165, 1.54) is 69.9 Å². The zero-order valence-electron chi connectivity index (χ0n) is 20.5. The summed E-state index contributed by atoms with van der Waals surface area (Å²) in [6.07, 6.45) is 24.2. The molecule has 0 radical (unpaired) electrons. The second-order valence-corrected chi connectivity index (χ2v) is 9.41. The number of carbonyl (C=O) groups excluding carboxylic acids is 1. The molecule has 0 spiro atoms. The largest absolute Gasteiger partial charge is 0.473 e. The summed E-state index contributed by atoms with van der Waals surface area (Å²) in [4.78, 5) is 21.7. The van der Waals surface area contributed by atoms with Crippen LogP contribution in [0.15, 0.2) is 48.6 Å². The molecule has 0 amide bonds. The number of nitrogens with two attached hydrogens (primary N) is 1. The summed E-state index contributed by atoms with van der Waals surface area (Å²) in [7, 11) is -4.61. The van der Waals surface area contributed by atoms with Crippen LogP contribution in [0.3, 0.4) is 0 Å². The van der Waals surface area contributed by atoms with Crippen molar-refractivity contribution in [2.45, 2.75) is 83.3 Å². The molecule has 0 rings (SSSR count). The Kier molecular flexibility index (Phi) is 21.2. The first kappa shape index (κ1) is 32.6. The molecule has 3 atom stereocenters. The van der Waals surface area contributed by atoms with Gasteiger partial charge in [0.15, 0.2) is 5.78 Å². The van der Waals surface area contributed by atoms with E-state index in [2.05, 4.69) is 17.5 Å². The van der Waals surface area contributed by atoms with Gasteiger partial charge in [0.1, 0.15) is 12.2 Å². The Hall–Kier alpha value is -1.38. The molecule has 196 valence electrons. The highest BCUT2D eigenvalue weighted by molar-refractivity contribution is 7.47. The summed E-state index contributed by atoms with van der Waals surface area (Å²) < 4.78 is 21.1. The van der Waals surface area contributed by atoms with Crippen molar-refractivity contribution in [1.29, 1.82) is 0 Å². The van der Waals surface area contributed by atoms with Crippen LogP contribution < -0.4 is 5.73 Å². The van der Waals surface area contributed by atoms with Crippen molar-refractivity contribution in [2.24, 2.45) is 5.73 Å². The molecule has 0 aromatic heterocycles. The molecule has 0 bridgehead atoms. The number of allylic oxidation sites excluding steroid dienone is 7. The van der Waals surface area contributed by atoms with Crippen molar-refractivity contribution in [3.63, 3.8) is 0 Å². The van der Waals surface area contributed by atoms with Gasteiger partial charge in [-0.2, -0.15) is 0 Å². The molecule has 34 heavy (non-hydrogen) atoms. The van der Waals surface area contributed by atoms with E-state index in [0.717, 1.165) is 6.42 Å². The molecule has 5 N–H and O–H groups in total. The van der Waals surface area contributed by atoms with E-state index in [-0.39, 0.29) is 6.54 Å². The third kappa shape index (κ3) is 20.0. The minimum absolute atomic E-state index is 0.326. The van der Waals surface area contributed by atoms with E-state index in [0.29, 0.717) is 0 Å². The fourth-order valence-corrected chi connectivity index (χ4v) is 3.83. The number of aliphatic hydroxyl groups excluding tert-OH is 2. The first-order valence-electron chi connectivity index (χ1n) is 12.2. The van der Waals surface area contributed by atoms with Crippen LogP contribution in [0, 0.1) is 0 Å². The molecule has 0 aromatic rings. The number of carbonyl (C=O) groups is 1.